The second-order valence-electron chi connectivity index (χ2n) is 8.74. The summed E-state index contributed by atoms with van der Waals surface area (Å²) >= 11 is 0. The summed E-state index contributed by atoms with van der Waals surface area (Å²) in [6.07, 6.45) is 4.88. The fourth-order valence-corrected chi connectivity index (χ4v) is 5.23. The summed E-state index contributed by atoms with van der Waals surface area (Å²) in [5.41, 5.74) is -0.244. The third kappa shape index (κ3) is 3.90. The number of esters is 1. The average molecular weight is 488 g/mol. The van der Waals surface area contributed by atoms with Crippen molar-refractivity contribution < 1.29 is 33.6 Å². The highest BCUT2D eigenvalue weighted by Gasteiger charge is 2.68. The summed E-state index contributed by atoms with van der Waals surface area (Å²) in [5.74, 6) is -0.706. The van der Waals surface area contributed by atoms with Crippen LogP contribution in [-0.4, -0.2) is 36.0 Å². The number of aromatic hydroxyl groups is 2. The lowest BCUT2D eigenvalue weighted by Crippen LogP contribution is -2.63. The highest BCUT2D eigenvalue weighted by Crippen LogP contribution is 2.66. The van der Waals surface area contributed by atoms with Crippen LogP contribution in [-0.2, 0) is 14.3 Å². The fourth-order valence-electron chi connectivity index (χ4n) is 5.23. The van der Waals surface area contributed by atoms with Crippen molar-refractivity contribution in [2.24, 2.45) is 5.92 Å². The van der Waals surface area contributed by atoms with Gasteiger partial charge in [0.1, 0.15) is 28.8 Å². The van der Waals surface area contributed by atoms with Crippen LogP contribution >= 0.6 is 0 Å². The number of ether oxygens (including phenoxy) is 3. The Hall–Kier alpha value is -4.46. The van der Waals surface area contributed by atoms with Crippen LogP contribution < -0.4 is 10.4 Å². The largest absolute Gasteiger partial charge is 0.508 e. The van der Waals surface area contributed by atoms with E-state index in [9.17, 15) is 19.8 Å². The number of carbonyl (C=O) groups is 1. The molecule has 0 radical (unpaired) electrons. The number of phenols is 2. The van der Waals surface area contributed by atoms with Crippen molar-refractivity contribution in [2.45, 2.75) is 17.4 Å². The van der Waals surface area contributed by atoms with Crippen LogP contribution in [0, 0.1) is 5.92 Å². The molecule has 1 aliphatic heterocycles. The molecule has 0 bridgehead atoms. The maximum Gasteiger partial charge on any atom is 0.339 e. The van der Waals surface area contributed by atoms with Gasteiger partial charge in [0.15, 0.2) is 5.60 Å². The van der Waals surface area contributed by atoms with Gasteiger partial charge in [-0.2, -0.15) is 0 Å². The summed E-state index contributed by atoms with van der Waals surface area (Å²) in [5, 5.41) is 19.5. The third-order valence-electron chi connectivity index (χ3n) is 6.78. The van der Waals surface area contributed by atoms with E-state index in [4.69, 9.17) is 18.6 Å². The van der Waals surface area contributed by atoms with Crippen LogP contribution in [0.3, 0.4) is 0 Å². The van der Waals surface area contributed by atoms with Crippen molar-refractivity contribution in [2.75, 3.05) is 14.2 Å². The second-order valence-corrected chi connectivity index (χ2v) is 8.74. The maximum absolute atomic E-state index is 12.7. The van der Waals surface area contributed by atoms with Gasteiger partial charge in [0.05, 0.1) is 38.2 Å². The van der Waals surface area contributed by atoms with Gasteiger partial charge >= 0.3 is 11.6 Å². The van der Waals surface area contributed by atoms with Crippen molar-refractivity contribution in [3.8, 4) is 17.2 Å². The Labute approximate surface area is 206 Å². The highest BCUT2D eigenvalue weighted by molar-refractivity contribution is 5.85. The molecule has 0 unspecified atom stereocenters. The molecular formula is C28H24O8. The molecule has 1 fully saturated rings. The summed E-state index contributed by atoms with van der Waals surface area (Å²) in [7, 11) is 2.94. The van der Waals surface area contributed by atoms with E-state index >= 15 is 0 Å². The fraction of sp³-hybridized carbons (Fsp3) is 0.214. The molecule has 184 valence electrons. The van der Waals surface area contributed by atoms with Gasteiger partial charge in [-0.3, -0.25) is 0 Å². The lowest BCUT2D eigenvalue weighted by molar-refractivity contribution is -0.182. The van der Waals surface area contributed by atoms with Gasteiger partial charge in [-0.15, -0.1) is 0 Å². The minimum atomic E-state index is -1.25. The van der Waals surface area contributed by atoms with Gasteiger partial charge < -0.3 is 28.8 Å². The van der Waals surface area contributed by atoms with Crippen molar-refractivity contribution in [1.29, 1.82) is 0 Å². The van der Waals surface area contributed by atoms with E-state index in [0.717, 1.165) is 11.1 Å². The van der Waals surface area contributed by atoms with E-state index in [2.05, 4.69) is 0 Å². The molecule has 2 aromatic carbocycles. The van der Waals surface area contributed by atoms with E-state index in [1.807, 2.05) is 0 Å². The first kappa shape index (κ1) is 23.3. The first-order valence-electron chi connectivity index (χ1n) is 11.3. The maximum atomic E-state index is 12.7. The van der Waals surface area contributed by atoms with E-state index in [1.54, 1.807) is 66.7 Å². The number of rotatable bonds is 6. The summed E-state index contributed by atoms with van der Waals surface area (Å²) in [6, 6.07) is 16.1. The molecule has 8 heteroatoms. The standard InChI is InChI=1S/C28H24O8/c1-33-20-13-22(35-23(31)14-20)27-25(17-5-9-19(30)10-6-17)26-21(34-2)15-24(32)36-28(26,27)12-11-16-3-7-18(29)8-4-16/h3-15,25-27,29-30H,1-2H3/b12-11+/t25-,26+,27+,28+/m0/s1. The average Bonchev–Trinajstić information content (AvgIpc) is 2.85. The van der Waals surface area contributed by atoms with Gasteiger partial charge in [-0.1, -0.05) is 30.3 Å². The van der Waals surface area contributed by atoms with Crippen molar-refractivity contribution in [3.05, 3.63) is 106 Å². The van der Waals surface area contributed by atoms with Gasteiger partial charge in [0, 0.05) is 12.0 Å². The molecule has 0 spiro atoms. The second kappa shape index (κ2) is 8.96. The van der Waals surface area contributed by atoms with Gasteiger partial charge in [0.25, 0.3) is 0 Å². The minimum absolute atomic E-state index is 0.110. The normalized spacial score (nSPS) is 24.9. The monoisotopic (exact) mass is 488 g/mol. The molecule has 0 amide bonds. The van der Waals surface area contributed by atoms with E-state index in [-0.39, 0.29) is 23.2 Å². The Morgan fingerprint density at radius 1 is 0.889 bits per heavy atom. The number of methoxy groups -OCH3 is 2. The highest BCUT2D eigenvalue weighted by atomic mass is 16.6. The zero-order chi connectivity index (χ0) is 25.4. The number of carbonyl (C=O) groups excluding carboxylic acids is 1. The molecule has 4 atom stereocenters. The zero-order valence-electron chi connectivity index (χ0n) is 19.6. The van der Waals surface area contributed by atoms with E-state index < -0.39 is 29.0 Å². The Morgan fingerprint density at radius 2 is 1.56 bits per heavy atom. The molecule has 0 saturated heterocycles. The smallest absolute Gasteiger partial charge is 0.339 e. The van der Waals surface area contributed by atoms with Crippen molar-refractivity contribution in [1.82, 2.24) is 0 Å². The van der Waals surface area contributed by atoms with Gasteiger partial charge in [-0.05, 0) is 41.5 Å². The van der Waals surface area contributed by atoms with Crippen LogP contribution in [0.4, 0.5) is 0 Å². The summed E-state index contributed by atoms with van der Waals surface area (Å²) in [4.78, 5) is 25.1. The third-order valence-corrected chi connectivity index (χ3v) is 6.78. The Balaban J connectivity index is 1.71. The molecule has 3 aromatic rings. The molecular weight excluding hydrogens is 464 g/mol. The lowest BCUT2D eigenvalue weighted by Gasteiger charge is -2.59. The lowest BCUT2D eigenvalue weighted by atomic mass is 9.49. The van der Waals surface area contributed by atoms with Gasteiger partial charge in [0.2, 0.25) is 0 Å². The van der Waals surface area contributed by atoms with Crippen LogP contribution in [0.5, 0.6) is 17.2 Å². The SMILES string of the molecule is COC1=CC(=O)O[C@]2(/C=C/c3ccc(O)cc3)[C@H]1[C@H](c1ccc(O)cc1)[C@H]2c1cc(OC)cc(=O)o1. The molecule has 8 nitrogen and oxygen atoms in total. The number of hydrogen-bond acceptors (Lipinski definition) is 8. The number of phenolic OH excluding ortho intramolecular Hbond substituents is 2. The summed E-state index contributed by atoms with van der Waals surface area (Å²) in [6.45, 7) is 0. The first-order chi connectivity index (χ1) is 17.3. The molecule has 2 heterocycles. The summed E-state index contributed by atoms with van der Waals surface area (Å²) < 4.78 is 22.6. The molecule has 1 saturated carbocycles. The van der Waals surface area contributed by atoms with Crippen LogP contribution in [0.2, 0.25) is 0 Å². The Kier molecular flexibility index (Phi) is 5.80. The number of hydrogen-bond donors (Lipinski definition) is 2. The van der Waals surface area contributed by atoms with Crippen molar-refractivity contribution >= 4 is 12.0 Å². The topological polar surface area (TPSA) is 115 Å². The number of fused-ring (bicyclic) bond motifs is 1. The Bertz CT molecular complexity index is 1400. The van der Waals surface area contributed by atoms with Crippen molar-refractivity contribution in [3.63, 3.8) is 0 Å². The molecule has 1 aliphatic carbocycles. The van der Waals surface area contributed by atoms with Crippen LogP contribution in [0.1, 0.15) is 28.7 Å². The molecule has 2 N–H and O–H groups in total. The minimum Gasteiger partial charge on any atom is -0.508 e. The van der Waals surface area contributed by atoms with E-state index in [1.165, 1.54) is 26.4 Å². The predicted octanol–water partition coefficient (Wildman–Crippen LogP) is 4.10. The quantitative estimate of drug-likeness (QED) is 0.499. The number of benzene rings is 2. The van der Waals surface area contributed by atoms with E-state index in [0.29, 0.717) is 11.5 Å². The Morgan fingerprint density at radius 3 is 2.19 bits per heavy atom. The molecule has 5 rings (SSSR count). The van der Waals surface area contributed by atoms with Crippen LogP contribution in [0.15, 0.2) is 87.8 Å². The predicted molar refractivity (Wildman–Crippen MR) is 130 cm³/mol. The first-order valence-corrected chi connectivity index (χ1v) is 11.3. The molecule has 1 aromatic heterocycles. The molecule has 36 heavy (non-hydrogen) atoms. The zero-order valence-corrected chi connectivity index (χ0v) is 19.6. The van der Waals surface area contributed by atoms with Gasteiger partial charge in [-0.25, -0.2) is 9.59 Å². The molecule has 2 aliphatic rings. The van der Waals surface area contributed by atoms with Crippen LogP contribution in [0.25, 0.3) is 6.08 Å².